The summed E-state index contributed by atoms with van der Waals surface area (Å²) in [4.78, 5) is 10.7. The summed E-state index contributed by atoms with van der Waals surface area (Å²) < 4.78 is 5.65. The highest BCUT2D eigenvalue weighted by Gasteiger charge is 2.18. The third-order valence-electron chi connectivity index (χ3n) is 3.36. The minimum absolute atomic E-state index is 0.127. The largest absolute Gasteiger partial charge is 0.504 e. The topological polar surface area (TPSA) is 107 Å². The molecule has 23 heavy (non-hydrogen) atoms. The van der Waals surface area contributed by atoms with E-state index >= 15 is 0 Å². The Morgan fingerprint density at radius 3 is 2.48 bits per heavy atom. The third-order valence-corrected chi connectivity index (χ3v) is 3.36. The van der Waals surface area contributed by atoms with Crippen molar-refractivity contribution in [3.63, 3.8) is 0 Å². The fourth-order valence-corrected chi connectivity index (χ4v) is 2.26. The average Bonchev–Trinajstić information content (AvgIpc) is 2.68. The Morgan fingerprint density at radius 1 is 1.00 bits per heavy atom. The number of aromatic hydroxyl groups is 3. The van der Waals surface area contributed by atoms with Gasteiger partial charge in [0.15, 0.2) is 23.0 Å². The summed E-state index contributed by atoms with van der Waals surface area (Å²) in [5, 5.41) is 37.9. The zero-order valence-corrected chi connectivity index (χ0v) is 11.7. The molecular weight excluding hydrogens is 300 g/mol. The van der Waals surface area contributed by atoms with Gasteiger partial charge in [-0.15, -0.1) is 0 Å². The minimum atomic E-state index is -1.09. The van der Waals surface area contributed by atoms with E-state index in [-0.39, 0.29) is 28.7 Å². The summed E-state index contributed by atoms with van der Waals surface area (Å²) in [7, 11) is 0. The van der Waals surface area contributed by atoms with Gasteiger partial charge in [-0.2, -0.15) is 0 Å². The number of rotatable bonds is 2. The van der Waals surface area contributed by atoms with Crippen LogP contribution in [-0.2, 0) is 4.79 Å². The second-order valence-electron chi connectivity index (χ2n) is 4.90. The van der Waals surface area contributed by atoms with Crippen LogP contribution in [0.2, 0.25) is 0 Å². The van der Waals surface area contributed by atoms with Crippen molar-refractivity contribution in [1.29, 1.82) is 0 Å². The lowest BCUT2D eigenvalue weighted by atomic mass is 10.0. The van der Waals surface area contributed by atoms with Crippen LogP contribution in [0.4, 0.5) is 0 Å². The van der Waals surface area contributed by atoms with E-state index in [1.54, 1.807) is 18.2 Å². The molecule has 0 aliphatic carbocycles. The number of carbonyl (C=O) groups is 1. The fourth-order valence-electron chi connectivity index (χ4n) is 2.26. The van der Waals surface area contributed by atoms with Gasteiger partial charge >= 0.3 is 5.97 Å². The van der Waals surface area contributed by atoms with E-state index < -0.39 is 5.97 Å². The van der Waals surface area contributed by atoms with Gasteiger partial charge in [0.05, 0.1) is 0 Å². The number of benzene rings is 2. The van der Waals surface area contributed by atoms with Gasteiger partial charge in [-0.1, -0.05) is 12.1 Å². The molecule has 0 fully saturated rings. The van der Waals surface area contributed by atoms with Gasteiger partial charge < -0.3 is 25.2 Å². The van der Waals surface area contributed by atoms with Crippen LogP contribution >= 0.6 is 0 Å². The normalized spacial score (nSPS) is 12.3. The van der Waals surface area contributed by atoms with Crippen LogP contribution in [0.15, 0.2) is 30.3 Å². The second-order valence-corrected chi connectivity index (χ2v) is 4.90. The number of carboxylic acid groups (broad SMARTS) is 1. The molecule has 2 aromatic carbocycles. The number of hydrogen-bond acceptors (Lipinski definition) is 5. The van der Waals surface area contributed by atoms with E-state index in [1.807, 2.05) is 0 Å². The van der Waals surface area contributed by atoms with Crippen molar-refractivity contribution >= 4 is 24.2 Å². The third kappa shape index (κ3) is 2.69. The van der Waals surface area contributed by atoms with Crippen LogP contribution in [0.1, 0.15) is 16.7 Å². The molecule has 116 valence electrons. The average molecular weight is 312 g/mol. The number of hydrogen-bond donors (Lipinski definition) is 4. The zero-order chi connectivity index (χ0) is 16.6. The van der Waals surface area contributed by atoms with Gasteiger partial charge in [-0.25, -0.2) is 4.79 Å². The molecule has 6 nitrogen and oxygen atoms in total. The monoisotopic (exact) mass is 312 g/mol. The summed E-state index contributed by atoms with van der Waals surface area (Å²) in [6.45, 7) is 0. The maximum absolute atomic E-state index is 10.7. The summed E-state index contributed by atoms with van der Waals surface area (Å²) in [6, 6.07) is 5.52. The molecule has 0 radical (unpaired) electrons. The number of phenols is 3. The first-order valence-electron chi connectivity index (χ1n) is 6.64. The highest BCUT2D eigenvalue weighted by Crippen LogP contribution is 2.44. The van der Waals surface area contributed by atoms with E-state index in [0.29, 0.717) is 16.7 Å². The molecule has 4 N–H and O–H groups in total. The molecular formula is C17H12O6. The molecule has 6 heteroatoms. The van der Waals surface area contributed by atoms with E-state index in [0.717, 1.165) is 6.08 Å². The van der Waals surface area contributed by atoms with E-state index in [1.165, 1.54) is 24.3 Å². The maximum atomic E-state index is 10.7. The van der Waals surface area contributed by atoms with Crippen LogP contribution < -0.4 is 4.74 Å². The van der Waals surface area contributed by atoms with Crippen molar-refractivity contribution in [2.45, 2.75) is 0 Å². The van der Waals surface area contributed by atoms with Crippen LogP contribution in [-0.4, -0.2) is 26.4 Å². The fraction of sp³-hybridized carbons (Fsp3) is 0. The number of phenolic OH excluding ortho intramolecular Hbond substituents is 3. The minimum Gasteiger partial charge on any atom is -0.504 e. The molecule has 0 atom stereocenters. The molecule has 3 rings (SSSR count). The lowest BCUT2D eigenvalue weighted by Crippen LogP contribution is -1.92. The smallest absolute Gasteiger partial charge is 0.328 e. The predicted octanol–water partition coefficient (Wildman–Crippen LogP) is 3.18. The predicted molar refractivity (Wildman–Crippen MR) is 83.6 cm³/mol. The highest BCUT2D eigenvalue weighted by molar-refractivity contribution is 5.89. The van der Waals surface area contributed by atoms with Gasteiger partial charge in [0, 0.05) is 23.3 Å². The van der Waals surface area contributed by atoms with Crippen LogP contribution in [0.3, 0.4) is 0 Å². The molecule has 0 bridgehead atoms. The molecule has 2 aromatic rings. The molecule has 0 amide bonds. The first-order valence-corrected chi connectivity index (χ1v) is 6.64. The van der Waals surface area contributed by atoms with Crippen molar-refractivity contribution in [3.05, 3.63) is 47.0 Å². The molecule has 1 aliphatic heterocycles. The van der Waals surface area contributed by atoms with Crippen LogP contribution in [0, 0.1) is 0 Å². The molecule has 1 heterocycles. The summed E-state index contributed by atoms with van der Waals surface area (Å²) in [5.41, 5.74) is 1.53. The molecule has 0 spiro atoms. The van der Waals surface area contributed by atoms with E-state index in [9.17, 15) is 20.1 Å². The number of carboxylic acids is 1. The molecule has 0 saturated heterocycles. The van der Waals surface area contributed by atoms with Gasteiger partial charge in [-0.05, 0) is 29.8 Å². The lowest BCUT2D eigenvalue weighted by Gasteiger charge is -2.12. The maximum Gasteiger partial charge on any atom is 0.328 e. The van der Waals surface area contributed by atoms with Gasteiger partial charge in [0.25, 0.3) is 0 Å². The summed E-state index contributed by atoms with van der Waals surface area (Å²) >= 11 is 0. The Kier molecular flexibility index (Phi) is 3.42. The Balaban J connectivity index is 2.16. The van der Waals surface area contributed by atoms with E-state index in [4.69, 9.17) is 9.84 Å². The Bertz CT molecular complexity index is 864. The van der Waals surface area contributed by atoms with Crippen molar-refractivity contribution in [2.24, 2.45) is 0 Å². The molecule has 0 saturated carbocycles. The molecule has 0 aromatic heterocycles. The Hall–Kier alpha value is -3.41. The first kappa shape index (κ1) is 14.5. The second kappa shape index (κ2) is 5.42. The number of ether oxygens (including phenoxy) is 1. The van der Waals surface area contributed by atoms with Crippen molar-refractivity contribution in [3.8, 4) is 28.7 Å². The van der Waals surface area contributed by atoms with E-state index in [2.05, 4.69) is 0 Å². The van der Waals surface area contributed by atoms with Crippen molar-refractivity contribution in [2.75, 3.05) is 0 Å². The molecule has 1 aliphatic rings. The van der Waals surface area contributed by atoms with Gasteiger partial charge in [-0.3, -0.25) is 0 Å². The Morgan fingerprint density at radius 2 is 1.74 bits per heavy atom. The quantitative estimate of drug-likeness (QED) is 0.427. The Labute approximate surface area is 130 Å². The van der Waals surface area contributed by atoms with Crippen LogP contribution in [0.5, 0.6) is 28.7 Å². The number of fused-ring (bicyclic) bond motifs is 2. The zero-order valence-electron chi connectivity index (χ0n) is 11.7. The van der Waals surface area contributed by atoms with Crippen LogP contribution in [0.25, 0.3) is 18.2 Å². The summed E-state index contributed by atoms with van der Waals surface area (Å²) in [6.07, 6.45) is 5.65. The van der Waals surface area contributed by atoms with Gasteiger partial charge in [0.1, 0.15) is 5.75 Å². The lowest BCUT2D eigenvalue weighted by molar-refractivity contribution is -0.131. The summed E-state index contributed by atoms with van der Waals surface area (Å²) in [5.74, 6) is -1.47. The van der Waals surface area contributed by atoms with Crippen molar-refractivity contribution in [1.82, 2.24) is 0 Å². The first-order chi connectivity index (χ1) is 11.0. The van der Waals surface area contributed by atoms with Gasteiger partial charge in [0.2, 0.25) is 0 Å². The standard InChI is InChI=1S/C17H12O6/c18-12-5-2-9(3-6-16(21)22)11-4-1-10-7-13(19)14(20)8-15(10)23-17(11)12/h1-8,18-20H,(H,21,22)/b6-3+. The molecule has 0 unspecified atom stereocenters. The highest BCUT2D eigenvalue weighted by atomic mass is 16.5. The SMILES string of the molecule is O=C(O)/C=C/c1ccc(O)c2c1C=Cc1cc(O)c(O)cc1O2. The van der Waals surface area contributed by atoms with Crippen molar-refractivity contribution < 1.29 is 30.0 Å². The number of aliphatic carboxylic acids is 1.